The van der Waals surface area contributed by atoms with Gasteiger partial charge in [-0.2, -0.15) is 0 Å². The SMILES string of the molecule is Cl.OC(CCN1CCCCC1)(c1ccc(Cl)c(Cl)c1)C1CCCCC1. The van der Waals surface area contributed by atoms with E-state index >= 15 is 0 Å². The fourth-order valence-corrected chi connectivity index (χ4v) is 4.74. The third-order valence-corrected chi connectivity index (χ3v) is 6.70. The first-order valence-corrected chi connectivity index (χ1v) is 10.3. The van der Waals surface area contributed by atoms with Crippen molar-refractivity contribution in [3.63, 3.8) is 0 Å². The van der Waals surface area contributed by atoms with Gasteiger partial charge in [-0.3, -0.25) is 0 Å². The van der Waals surface area contributed by atoms with E-state index in [4.69, 9.17) is 23.2 Å². The predicted octanol–water partition coefficient (Wildman–Crippen LogP) is 6.06. The van der Waals surface area contributed by atoms with Crippen LogP contribution in [0.3, 0.4) is 0 Å². The van der Waals surface area contributed by atoms with Crippen LogP contribution in [-0.2, 0) is 5.60 Å². The zero-order valence-electron chi connectivity index (χ0n) is 14.9. The van der Waals surface area contributed by atoms with Gasteiger partial charge in [0.05, 0.1) is 15.6 Å². The first kappa shape index (κ1) is 21.3. The Hall–Kier alpha value is 0.01000. The molecule has 1 aromatic carbocycles. The average molecular weight is 407 g/mol. The lowest BCUT2D eigenvalue weighted by Crippen LogP contribution is -2.41. The first-order valence-electron chi connectivity index (χ1n) is 9.50. The molecule has 25 heavy (non-hydrogen) atoms. The summed E-state index contributed by atoms with van der Waals surface area (Å²) in [6, 6.07) is 5.68. The molecule has 1 atom stereocenters. The molecule has 142 valence electrons. The Labute approximate surface area is 168 Å². The van der Waals surface area contributed by atoms with Crippen molar-refractivity contribution in [3.8, 4) is 0 Å². The summed E-state index contributed by atoms with van der Waals surface area (Å²) in [6.45, 7) is 3.30. The highest BCUT2D eigenvalue weighted by Crippen LogP contribution is 2.43. The maximum Gasteiger partial charge on any atom is 0.0937 e. The maximum absolute atomic E-state index is 11.7. The minimum absolute atomic E-state index is 0. The predicted molar refractivity (Wildman–Crippen MR) is 109 cm³/mol. The summed E-state index contributed by atoms with van der Waals surface area (Å²) >= 11 is 12.3. The lowest BCUT2D eigenvalue weighted by molar-refractivity contribution is -0.0528. The first-order chi connectivity index (χ1) is 11.6. The number of hydrogen-bond donors (Lipinski definition) is 1. The van der Waals surface area contributed by atoms with E-state index in [2.05, 4.69) is 4.90 Å². The number of likely N-dealkylation sites (tertiary alicyclic amines) is 1. The zero-order valence-corrected chi connectivity index (χ0v) is 17.2. The molecule has 1 N–H and O–H groups in total. The Kier molecular flexibility index (Phi) is 8.36. The molecule has 3 rings (SSSR count). The summed E-state index contributed by atoms with van der Waals surface area (Å²) in [5.41, 5.74) is 0.160. The molecule has 1 aromatic rings. The van der Waals surface area contributed by atoms with E-state index in [1.165, 1.54) is 51.6 Å². The van der Waals surface area contributed by atoms with E-state index in [1.54, 1.807) is 0 Å². The molecule has 2 nitrogen and oxygen atoms in total. The van der Waals surface area contributed by atoms with Crippen molar-refractivity contribution >= 4 is 35.6 Å². The number of benzene rings is 1. The highest BCUT2D eigenvalue weighted by atomic mass is 35.5. The van der Waals surface area contributed by atoms with Crippen LogP contribution < -0.4 is 0 Å². The van der Waals surface area contributed by atoms with Gasteiger partial charge in [0.2, 0.25) is 0 Å². The van der Waals surface area contributed by atoms with Crippen LogP contribution in [0.1, 0.15) is 63.4 Å². The summed E-state index contributed by atoms with van der Waals surface area (Å²) in [5, 5.41) is 12.8. The fourth-order valence-electron chi connectivity index (χ4n) is 4.44. The minimum atomic E-state index is -0.786. The molecule has 1 saturated carbocycles. The van der Waals surface area contributed by atoms with E-state index in [0.29, 0.717) is 16.0 Å². The second-order valence-corrected chi connectivity index (χ2v) is 8.35. The van der Waals surface area contributed by atoms with Gasteiger partial charge in [0.15, 0.2) is 0 Å². The van der Waals surface area contributed by atoms with Gasteiger partial charge in [-0.25, -0.2) is 0 Å². The second kappa shape index (κ2) is 9.80. The number of aliphatic hydroxyl groups is 1. The molecule has 1 heterocycles. The molecule has 2 fully saturated rings. The van der Waals surface area contributed by atoms with Crippen LogP contribution >= 0.6 is 35.6 Å². The van der Waals surface area contributed by atoms with Gasteiger partial charge >= 0.3 is 0 Å². The molecule has 1 unspecified atom stereocenters. The number of nitrogens with zero attached hydrogens (tertiary/aromatic N) is 1. The van der Waals surface area contributed by atoms with Crippen molar-refractivity contribution in [1.82, 2.24) is 4.90 Å². The van der Waals surface area contributed by atoms with Crippen molar-refractivity contribution < 1.29 is 5.11 Å². The molecule has 5 heteroatoms. The van der Waals surface area contributed by atoms with Gasteiger partial charge in [-0.1, -0.05) is 55.0 Å². The van der Waals surface area contributed by atoms with Gasteiger partial charge < -0.3 is 10.0 Å². The van der Waals surface area contributed by atoms with Crippen LogP contribution in [-0.4, -0.2) is 29.6 Å². The topological polar surface area (TPSA) is 23.5 Å². The molecule has 1 saturated heterocycles. The largest absolute Gasteiger partial charge is 0.385 e. The molecule has 0 aromatic heterocycles. The normalized spacial score (nSPS) is 22.2. The number of rotatable bonds is 5. The van der Waals surface area contributed by atoms with Crippen LogP contribution in [0.25, 0.3) is 0 Å². The van der Waals surface area contributed by atoms with Crippen LogP contribution in [0.5, 0.6) is 0 Å². The van der Waals surface area contributed by atoms with Gasteiger partial charge in [-0.05, 0) is 68.8 Å². The molecule has 1 aliphatic carbocycles. The number of halogens is 3. The van der Waals surface area contributed by atoms with E-state index in [9.17, 15) is 5.11 Å². The van der Waals surface area contributed by atoms with Gasteiger partial charge in [0, 0.05) is 6.54 Å². The van der Waals surface area contributed by atoms with Crippen LogP contribution in [0.15, 0.2) is 18.2 Å². The molecule has 0 bridgehead atoms. The quantitative estimate of drug-likeness (QED) is 0.642. The third kappa shape index (κ3) is 5.26. The highest BCUT2D eigenvalue weighted by Gasteiger charge is 2.39. The molecule has 0 amide bonds. The number of piperidine rings is 1. The van der Waals surface area contributed by atoms with Gasteiger partial charge in [0.1, 0.15) is 0 Å². The molecular weight excluding hydrogens is 377 g/mol. The Morgan fingerprint density at radius 1 is 0.960 bits per heavy atom. The standard InChI is InChI=1S/C20H29Cl2NO.ClH/c21-18-10-9-17(15-19(18)22)20(24,16-7-3-1-4-8-16)11-14-23-12-5-2-6-13-23;/h9-10,15-16,24H,1-8,11-14H2;1H. The van der Waals surface area contributed by atoms with Crippen molar-refractivity contribution in [2.75, 3.05) is 19.6 Å². The van der Waals surface area contributed by atoms with E-state index in [1.807, 2.05) is 18.2 Å². The Balaban J connectivity index is 0.00000225. The van der Waals surface area contributed by atoms with E-state index in [0.717, 1.165) is 31.4 Å². The molecule has 2 aliphatic rings. The molecule has 1 aliphatic heterocycles. The summed E-state index contributed by atoms with van der Waals surface area (Å²) in [7, 11) is 0. The molecular formula is C20H30Cl3NO. The monoisotopic (exact) mass is 405 g/mol. The highest BCUT2D eigenvalue weighted by molar-refractivity contribution is 6.42. The van der Waals surface area contributed by atoms with Crippen LogP contribution in [0.4, 0.5) is 0 Å². The molecule has 0 spiro atoms. The third-order valence-electron chi connectivity index (χ3n) is 5.96. The van der Waals surface area contributed by atoms with Crippen LogP contribution in [0.2, 0.25) is 10.0 Å². The summed E-state index contributed by atoms with van der Waals surface area (Å²) in [6.07, 6.45) is 10.7. The van der Waals surface area contributed by atoms with Crippen LogP contribution in [0, 0.1) is 5.92 Å². The van der Waals surface area contributed by atoms with Gasteiger partial charge in [0.25, 0.3) is 0 Å². The summed E-state index contributed by atoms with van der Waals surface area (Å²) in [5.74, 6) is 0.327. The van der Waals surface area contributed by atoms with Gasteiger partial charge in [-0.15, -0.1) is 12.4 Å². The van der Waals surface area contributed by atoms with Crippen molar-refractivity contribution in [2.45, 2.75) is 63.4 Å². The van der Waals surface area contributed by atoms with Crippen molar-refractivity contribution in [3.05, 3.63) is 33.8 Å². The maximum atomic E-state index is 11.7. The smallest absolute Gasteiger partial charge is 0.0937 e. The zero-order chi connectivity index (χ0) is 17.0. The number of hydrogen-bond acceptors (Lipinski definition) is 2. The minimum Gasteiger partial charge on any atom is -0.385 e. The van der Waals surface area contributed by atoms with Crippen molar-refractivity contribution in [2.24, 2.45) is 5.92 Å². The Morgan fingerprint density at radius 2 is 1.60 bits per heavy atom. The summed E-state index contributed by atoms with van der Waals surface area (Å²) < 4.78 is 0. The van der Waals surface area contributed by atoms with E-state index in [-0.39, 0.29) is 12.4 Å². The summed E-state index contributed by atoms with van der Waals surface area (Å²) in [4.78, 5) is 2.51. The van der Waals surface area contributed by atoms with Crippen molar-refractivity contribution in [1.29, 1.82) is 0 Å². The van der Waals surface area contributed by atoms with E-state index < -0.39 is 5.60 Å². The Bertz CT molecular complexity index is 542. The fraction of sp³-hybridized carbons (Fsp3) is 0.700. The average Bonchev–Trinajstić information content (AvgIpc) is 2.63. The Morgan fingerprint density at radius 3 is 2.24 bits per heavy atom. The molecule has 0 radical (unpaired) electrons. The lowest BCUT2D eigenvalue weighted by atomic mass is 9.71. The second-order valence-electron chi connectivity index (χ2n) is 7.54. The lowest BCUT2D eigenvalue weighted by Gasteiger charge is -2.41.